The van der Waals surface area contributed by atoms with Crippen molar-refractivity contribution in [1.82, 2.24) is 14.7 Å². The summed E-state index contributed by atoms with van der Waals surface area (Å²) in [6, 6.07) is 9.32. The molecule has 2 atom stereocenters. The van der Waals surface area contributed by atoms with Crippen LogP contribution in [0.25, 0.3) is 0 Å². The van der Waals surface area contributed by atoms with E-state index in [1.54, 1.807) is 10.9 Å². The Morgan fingerprint density at radius 1 is 1.42 bits per heavy atom. The number of amides is 1. The summed E-state index contributed by atoms with van der Waals surface area (Å²) in [6.45, 7) is 3.54. The van der Waals surface area contributed by atoms with Crippen LogP contribution in [0.3, 0.4) is 0 Å². The molecule has 128 valence electrons. The summed E-state index contributed by atoms with van der Waals surface area (Å²) in [5.41, 5.74) is 7.66. The third-order valence-electron chi connectivity index (χ3n) is 4.52. The lowest BCUT2D eigenvalue weighted by molar-refractivity contribution is -0.150. The number of benzene rings is 1. The fraction of sp³-hybridized carbons (Fsp3) is 0.444. The van der Waals surface area contributed by atoms with Crippen molar-refractivity contribution in [3.05, 3.63) is 53.9 Å². The summed E-state index contributed by atoms with van der Waals surface area (Å²) in [5, 5.41) is 4.21. The van der Waals surface area contributed by atoms with E-state index in [4.69, 9.17) is 10.5 Å². The molecule has 1 amide bonds. The molecule has 2 N–H and O–H groups in total. The second-order valence-electron chi connectivity index (χ2n) is 6.54. The Labute approximate surface area is 142 Å². The van der Waals surface area contributed by atoms with Crippen LogP contribution in [-0.4, -0.2) is 46.3 Å². The van der Waals surface area contributed by atoms with Crippen LogP contribution in [-0.2, 0) is 28.6 Å². The summed E-state index contributed by atoms with van der Waals surface area (Å²) in [4.78, 5) is 14.6. The molecule has 1 fully saturated rings. The van der Waals surface area contributed by atoms with Gasteiger partial charge in [0.15, 0.2) is 0 Å². The molecule has 0 unspecified atom stereocenters. The van der Waals surface area contributed by atoms with Crippen molar-refractivity contribution in [2.45, 2.75) is 25.0 Å². The van der Waals surface area contributed by atoms with E-state index in [1.807, 2.05) is 55.4 Å². The topological polar surface area (TPSA) is 73.4 Å². The van der Waals surface area contributed by atoms with E-state index in [-0.39, 0.29) is 5.91 Å². The second-order valence-corrected chi connectivity index (χ2v) is 6.54. The van der Waals surface area contributed by atoms with Gasteiger partial charge in [0.2, 0.25) is 5.91 Å². The normalized spacial score (nSPS) is 22.4. The van der Waals surface area contributed by atoms with E-state index in [1.165, 1.54) is 0 Å². The number of morpholine rings is 1. The van der Waals surface area contributed by atoms with Crippen LogP contribution in [0.4, 0.5) is 0 Å². The van der Waals surface area contributed by atoms with Crippen LogP contribution >= 0.6 is 0 Å². The van der Waals surface area contributed by atoms with Gasteiger partial charge < -0.3 is 15.4 Å². The quantitative estimate of drug-likeness (QED) is 0.911. The smallest absolute Gasteiger partial charge is 0.240 e. The molecule has 0 spiro atoms. The largest absolute Gasteiger partial charge is 0.367 e. The molecule has 2 heterocycles. The highest BCUT2D eigenvalue weighted by Gasteiger charge is 2.37. The number of hydrogen-bond acceptors (Lipinski definition) is 4. The lowest BCUT2D eigenvalue weighted by Gasteiger charge is -2.40. The molecule has 0 radical (unpaired) electrons. The van der Waals surface area contributed by atoms with Crippen molar-refractivity contribution < 1.29 is 9.53 Å². The van der Waals surface area contributed by atoms with E-state index in [2.05, 4.69) is 5.10 Å². The van der Waals surface area contributed by atoms with Crippen LogP contribution in [0.5, 0.6) is 0 Å². The third-order valence-corrected chi connectivity index (χ3v) is 4.52. The molecule has 3 rings (SSSR count). The molecule has 24 heavy (non-hydrogen) atoms. The van der Waals surface area contributed by atoms with Crippen molar-refractivity contribution >= 4 is 5.91 Å². The van der Waals surface area contributed by atoms with Gasteiger partial charge in [0, 0.05) is 25.4 Å². The van der Waals surface area contributed by atoms with Gasteiger partial charge in [0.05, 0.1) is 25.4 Å². The number of carbonyl (C=O) groups excluding carboxylic acids is 1. The fourth-order valence-electron chi connectivity index (χ4n) is 3.12. The van der Waals surface area contributed by atoms with Crippen molar-refractivity contribution in [1.29, 1.82) is 0 Å². The van der Waals surface area contributed by atoms with Gasteiger partial charge in [0.1, 0.15) is 5.60 Å². The third kappa shape index (κ3) is 3.49. The summed E-state index contributed by atoms with van der Waals surface area (Å²) >= 11 is 0. The predicted octanol–water partition coefficient (Wildman–Crippen LogP) is 1.06. The minimum Gasteiger partial charge on any atom is -0.367 e. The Morgan fingerprint density at radius 3 is 2.83 bits per heavy atom. The Bertz CT molecular complexity index is 700. The number of aryl methyl sites for hydroxylation is 1. The second kappa shape index (κ2) is 6.75. The van der Waals surface area contributed by atoms with E-state index in [0.717, 1.165) is 11.1 Å². The van der Waals surface area contributed by atoms with Gasteiger partial charge in [-0.1, -0.05) is 30.3 Å². The van der Waals surface area contributed by atoms with Crippen LogP contribution in [0, 0.1) is 0 Å². The van der Waals surface area contributed by atoms with E-state index >= 15 is 0 Å². The lowest BCUT2D eigenvalue weighted by atomic mass is 9.96. The first-order valence-corrected chi connectivity index (χ1v) is 8.19. The zero-order valence-electron chi connectivity index (χ0n) is 14.2. The minimum atomic E-state index is -0.547. The van der Waals surface area contributed by atoms with Gasteiger partial charge >= 0.3 is 0 Å². The molecule has 1 saturated heterocycles. The lowest BCUT2D eigenvalue weighted by Crippen LogP contribution is -2.54. The molecule has 2 aromatic rings. The Balaban J connectivity index is 1.68. The number of carbonyl (C=O) groups is 1. The molecule has 6 nitrogen and oxygen atoms in total. The Morgan fingerprint density at radius 2 is 2.17 bits per heavy atom. The fourth-order valence-corrected chi connectivity index (χ4v) is 3.12. The van der Waals surface area contributed by atoms with Gasteiger partial charge in [-0.3, -0.25) is 9.48 Å². The highest BCUT2D eigenvalue weighted by atomic mass is 16.5. The molecule has 1 aromatic heterocycles. The summed E-state index contributed by atoms with van der Waals surface area (Å²) < 4.78 is 7.70. The maximum Gasteiger partial charge on any atom is 0.240 e. The van der Waals surface area contributed by atoms with Gasteiger partial charge in [-0.25, -0.2) is 0 Å². The van der Waals surface area contributed by atoms with Crippen molar-refractivity contribution in [3.8, 4) is 0 Å². The number of ether oxygens (including phenoxy) is 1. The maximum atomic E-state index is 12.8. The van der Waals surface area contributed by atoms with Crippen LogP contribution < -0.4 is 5.73 Å². The van der Waals surface area contributed by atoms with Crippen LogP contribution in [0.1, 0.15) is 18.1 Å². The van der Waals surface area contributed by atoms with Crippen molar-refractivity contribution in [3.63, 3.8) is 0 Å². The summed E-state index contributed by atoms with van der Waals surface area (Å²) in [6.07, 6.45) is 4.26. The van der Waals surface area contributed by atoms with Gasteiger partial charge in [-0.2, -0.15) is 5.10 Å². The number of nitrogens with two attached hydrogens (primary N) is 1. The molecule has 0 saturated carbocycles. The highest BCUT2D eigenvalue weighted by molar-refractivity contribution is 5.82. The molecule has 6 heteroatoms. The van der Waals surface area contributed by atoms with E-state index in [9.17, 15) is 4.79 Å². The van der Waals surface area contributed by atoms with E-state index in [0.29, 0.717) is 26.1 Å². The molecular formula is C18H24N4O2. The minimum absolute atomic E-state index is 0.0303. The summed E-state index contributed by atoms with van der Waals surface area (Å²) in [5.74, 6) is -0.0303. The molecule has 1 aromatic carbocycles. The van der Waals surface area contributed by atoms with E-state index < -0.39 is 11.6 Å². The van der Waals surface area contributed by atoms with Crippen LogP contribution in [0.2, 0.25) is 0 Å². The highest BCUT2D eigenvalue weighted by Crippen LogP contribution is 2.29. The molecular weight excluding hydrogens is 304 g/mol. The predicted molar refractivity (Wildman–Crippen MR) is 91.2 cm³/mol. The SMILES string of the molecule is Cn1cc([C@@]2(C)CN(C(=O)[C@H](N)Cc3ccccc3)CCO2)cn1. The first-order valence-electron chi connectivity index (χ1n) is 8.19. The average molecular weight is 328 g/mol. The number of nitrogens with zero attached hydrogens (tertiary/aromatic N) is 3. The number of aromatic nitrogens is 2. The molecule has 1 aliphatic heterocycles. The first kappa shape index (κ1) is 16.7. The Kier molecular flexibility index (Phi) is 4.69. The summed E-state index contributed by atoms with van der Waals surface area (Å²) in [7, 11) is 1.87. The number of hydrogen-bond donors (Lipinski definition) is 1. The molecule has 1 aliphatic rings. The zero-order chi connectivity index (χ0) is 17.2. The average Bonchev–Trinajstić information content (AvgIpc) is 3.02. The first-order chi connectivity index (χ1) is 11.5. The van der Waals surface area contributed by atoms with Gasteiger partial charge in [0.25, 0.3) is 0 Å². The molecule has 0 aliphatic carbocycles. The monoisotopic (exact) mass is 328 g/mol. The zero-order valence-corrected chi connectivity index (χ0v) is 14.2. The maximum absolute atomic E-state index is 12.8. The standard InChI is InChI=1S/C18H24N4O2/c1-18(15-11-20-21(2)12-15)13-22(8-9-24-18)17(23)16(19)10-14-6-4-3-5-7-14/h3-7,11-12,16H,8-10,13,19H2,1-2H3/t16-,18-/m1/s1. The van der Waals surface area contributed by atoms with Gasteiger partial charge in [-0.15, -0.1) is 0 Å². The number of rotatable bonds is 4. The van der Waals surface area contributed by atoms with Gasteiger partial charge in [-0.05, 0) is 18.9 Å². The van der Waals surface area contributed by atoms with Crippen LogP contribution in [0.15, 0.2) is 42.7 Å². The Hall–Kier alpha value is -2.18. The molecule has 0 bridgehead atoms. The van der Waals surface area contributed by atoms with Crippen molar-refractivity contribution in [2.24, 2.45) is 12.8 Å². The van der Waals surface area contributed by atoms with Crippen molar-refractivity contribution in [2.75, 3.05) is 19.7 Å².